The maximum atomic E-state index is 4.55. The number of nitrogens with zero attached hydrogens (tertiary/aromatic N) is 2. The third-order valence-corrected chi connectivity index (χ3v) is 3.80. The smallest absolute Gasteiger partial charge is 0.128 e. The predicted octanol–water partition coefficient (Wildman–Crippen LogP) is 3.60. The fourth-order valence-corrected chi connectivity index (χ4v) is 2.53. The van der Waals surface area contributed by atoms with Crippen LogP contribution in [0.15, 0.2) is 42.6 Å². The molecule has 1 aliphatic rings. The van der Waals surface area contributed by atoms with Crippen molar-refractivity contribution in [2.24, 2.45) is 0 Å². The Morgan fingerprint density at radius 3 is 2.45 bits per heavy atom. The normalized spacial score (nSPS) is 14.6. The standard InChI is InChI=1S/C17H21N3/c1-14-4-6-15(7-5-14)12-18-16-8-9-17(19-13-16)20-10-2-3-11-20/h4-9,13,18H,2-3,10-12H2,1H3. The van der Waals surface area contributed by atoms with Gasteiger partial charge in [0.05, 0.1) is 11.9 Å². The second-order valence-corrected chi connectivity index (χ2v) is 5.44. The first kappa shape index (κ1) is 13.0. The Bertz CT molecular complexity index is 539. The van der Waals surface area contributed by atoms with Gasteiger partial charge in [-0.15, -0.1) is 0 Å². The van der Waals surface area contributed by atoms with E-state index in [9.17, 15) is 0 Å². The van der Waals surface area contributed by atoms with Gasteiger partial charge in [-0.3, -0.25) is 0 Å². The van der Waals surface area contributed by atoms with Gasteiger partial charge in [0.1, 0.15) is 5.82 Å². The van der Waals surface area contributed by atoms with Crippen LogP contribution < -0.4 is 10.2 Å². The molecule has 0 aliphatic carbocycles. The summed E-state index contributed by atoms with van der Waals surface area (Å²) in [5.74, 6) is 1.10. The molecule has 1 aromatic carbocycles. The largest absolute Gasteiger partial charge is 0.380 e. The van der Waals surface area contributed by atoms with E-state index in [4.69, 9.17) is 0 Å². The van der Waals surface area contributed by atoms with Gasteiger partial charge in [0.15, 0.2) is 0 Å². The third kappa shape index (κ3) is 3.10. The number of rotatable bonds is 4. The Balaban J connectivity index is 1.59. The lowest BCUT2D eigenvalue weighted by molar-refractivity contribution is 0.937. The van der Waals surface area contributed by atoms with Crippen LogP contribution in [-0.4, -0.2) is 18.1 Å². The number of hydrogen-bond acceptors (Lipinski definition) is 3. The van der Waals surface area contributed by atoms with Crippen molar-refractivity contribution in [2.75, 3.05) is 23.3 Å². The highest BCUT2D eigenvalue weighted by Crippen LogP contribution is 2.19. The average Bonchev–Trinajstić information content (AvgIpc) is 3.01. The van der Waals surface area contributed by atoms with E-state index in [0.29, 0.717) is 0 Å². The van der Waals surface area contributed by atoms with Crippen LogP contribution in [0.5, 0.6) is 0 Å². The number of benzene rings is 1. The van der Waals surface area contributed by atoms with Crippen molar-refractivity contribution in [3.8, 4) is 0 Å². The van der Waals surface area contributed by atoms with Gasteiger partial charge < -0.3 is 10.2 Å². The Labute approximate surface area is 120 Å². The zero-order chi connectivity index (χ0) is 13.8. The molecule has 0 radical (unpaired) electrons. The summed E-state index contributed by atoms with van der Waals surface area (Å²) >= 11 is 0. The van der Waals surface area contributed by atoms with Crippen molar-refractivity contribution in [1.82, 2.24) is 4.98 Å². The van der Waals surface area contributed by atoms with Crippen molar-refractivity contribution in [3.05, 3.63) is 53.7 Å². The third-order valence-electron chi connectivity index (χ3n) is 3.80. The SMILES string of the molecule is Cc1ccc(CNc2ccc(N3CCCC3)nc2)cc1. The minimum Gasteiger partial charge on any atom is -0.380 e. The van der Waals surface area contributed by atoms with Gasteiger partial charge in [-0.25, -0.2) is 4.98 Å². The van der Waals surface area contributed by atoms with Gasteiger partial charge in [-0.1, -0.05) is 29.8 Å². The van der Waals surface area contributed by atoms with Crippen LogP contribution in [0.25, 0.3) is 0 Å². The number of nitrogens with one attached hydrogen (secondary N) is 1. The molecule has 2 aromatic rings. The Morgan fingerprint density at radius 2 is 1.80 bits per heavy atom. The van der Waals surface area contributed by atoms with E-state index in [1.54, 1.807) is 0 Å². The molecular weight excluding hydrogens is 246 g/mol. The lowest BCUT2D eigenvalue weighted by Crippen LogP contribution is -2.18. The first-order chi connectivity index (χ1) is 9.81. The summed E-state index contributed by atoms with van der Waals surface area (Å²) < 4.78 is 0. The molecule has 1 aromatic heterocycles. The highest BCUT2D eigenvalue weighted by molar-refractivity contribution is 5.49. The lowest BCUT2D eigenvalue weighted by Gasteiger charge is -2.16. The molecule has 3 heteroatoms. The molecule has 0 saturated carbocycles. The van der Waals surface area contributed by atoms with Crippen LogP contribution in [0, 0.1) is 6.92 Å². The summed E-state index contributed by atoms with van der Waals surface area (Å²) in [5.41, 5.74) is 3.66. The molecule has 1 aliphatic heterocycles. The monoisotopic (exact) mass is 267 g/mol. The van der Waals surface area contributed by atoms with Gasteiger partial charge in [0.2, 0.25) is 0 Å². The molecule has 0 amide bonds. The maximum Gasteiger partial charge on any atom is 0.128 e. The van der Waals surface area contributed by atoms with Crippen LogP contribution in [0.3, 0.4) is 0 Å². The van der Waals surface area contributed by atoms with E-state index in [2.05, 4.69) is 58.5 Å². The van der Waals surface area contributed by atoms with Crippen molar-refractivity contribution in [2.45, 2.75) is 26.3 Å². The lowest BCUT2D eigenvalue weighted by atomic mass is 10.1. The summed E-state index contributed by atoms with van der Waals surface area (Å²) in [4.78, 5) is 6.90. The first-order valence-electron chi connectivity index (χ1n) is 7.32. The number of aryl methyl sites for hydroxylation is 1. The molecule has 0 bridgehead atoms. The second-order valence-electron chi connectivity index (χ2n) is 5.44. The average molecular weight is 267 g/mol. The minimum absolute atomic E-state index is 0.838. The fourth-order valence-electron chi connectivity index (χ4n) is 2.53. The van der Waals surface area contributed by atoms with Crippen molar-refractivity contribution >= 4 is 11.5 Å². The topological polar surface area (TPSA) is 28.2 Å². The minimum atomic E-state index is 0.838. The van der Waals surface area contributed by atoms with Crippen molar-refractivity contribution < 1.29 is 0 Å². The molecule has 0 atom stereocenters. The number of anilines is 2. The van der Waals surface area contributed by atoms with Crippen LogP contribution in [0.4, 0.5) is 11.5 Å². The van der Waals surface area contributed by atoms with E-state index in [-0.39, 0.29) is 0 Å². The fraction of sp³-hybridized carbons (Fsp3) is 0.353. The van der Waals surface area contributed by atoms with Crippen molar-refractivity contribution in [1.29, 1.82) is 0 Å². The second kappa shape index (κ2) is 5.95. The van der Waals surface area contributed by atoms with Gasteiger partial charge in [0, 0.05) is 19.6 Å². The van der Waals surface area contributed by atoms with E-state index in [1.165, 1.54) is 24.0 Å². The summed E-state index contributed by atoms with van der Waals surface area (Å²) in [6, 6.07) is 12.8. The molecule has 3 nitrogen and oxygen atoms in total. The van der Waals surface area contributed by atoms with Crippen molar-refractivity contribution in [3.63, 3.8) is 0 Å². The first-order valence-corrected chi connectivity index (χ1v) is 7.32. The maximum absolute atomic E-state index is 4.55. The number of pyridine rings is 1. The quantitative estimate of drug-likeness (QED) is 0.917. The number of aromatic nitrogens is 1. The van der Waals surface area contributed by atoms with E-state index in [0.717, 1.165) is 31.1 Å². The Kier molecular flexibility index (Phi) is 3.86. The molecule has 0 unspecified atom stereocenters. The summed E-state index contributed by atoms with van der Waals surface area (Å²) in [7, 11) is 0. The van der Waals surface area contributed by atoms with Gasteiger partial charge in [0.25, 0.3) is 0 Å². The zero-order valence-corrected chi connectivity index (χ0v) is 12.0. The van der Waals surface area contributed by atoms with Gasteiger partial charge in [-0.05, 0) is 37.5 Å². The van der Waals surface area contributed by atoms with Crippen LogP contribution in [-0.2, 0) is 6.54 Å². The van der Waals surface area contributed by atoms with E-state index >= 15 is 0 Å². The summed E-state index contributed by atoms with van der Waals surface area (Å²) in [6.45, 7) is 5.23. The summed E-state index contributed by atoms with van der Waals surface area (Å²) in [6.07, 6.45) is 4.51. The molecule has 2 heterocycles. The molecule has 1 fully saturated rings. The molecular formula is C17H21N3. The van der Waals surface area contributed by atoms with E-state index in [1.807, 2.05) is 6.20 Å². The predicted molar refractivity (Wildman–Crippen MR) is 84.2 cm³/mol. The highest BCUT2D eigenvalue weighted by Gasteiger charge is 2.12. The number of hydrogen-bond donors (Lipinski definition) is 1. The molecule has 20 heavy (non-hydrogen) atoms. The Morgan fingerprint density at radius 1 is 1.05 bits per heavy atom. The van der Waals surface area contributed by atoms with Gasteiger partial charge in [-0.2, -0.15) is 0 Å². The zero-order valence-electron chi connectivity index (χ0n) is 12.0. The molecule has 1 N–H and O–H groups in total. The molecule has 1 saturated heterocycles. The van der Waals surface area contributed by atoms with Crippen LogP contribution >= 0.6 is 0 Å². The van der Waals surface area contributed by atoms with Crippen LogP contribution in [0.1, 0.15) is 24.0 Å². The molecule has 104 valence electrons. The molecule has 3 rings (SSSR count). The summed E-state index contributed by atoms with van der Waals surface area (Å²) in [5, 5.41) is 3.42. The highest BCUT2D eigenvalue weighted by atomic mass is 15.2. The van der Waals surface area contributed by atoms with Crippen LogP contribution in [0.2, 0.25) is 0 Å². The van der Waals surface area contributed by atoms with Gasteiger partial charge >= 0.3 is 0 Å². The molecule has 0 spiro atoms. The Hall–Kier alpha value is -2.03. The van der Waals surface area contributed by atoms with E-state index < -0.39 is 0 Å².